The van der Waals surface area contributed by atoms with Crippen molar-refractivity contribution in [2.24, 2.45) is 0 Å². The summed E-state index contributed by atoms with van der Waals surface area (Å²) in [5.41, 5.74) is 1.14. The molecular formula is C19H18N2O3S. The van der Waals surface area contributed by atoms with Gasteiger partial charge in [-0.2, -0.15) is 5.26 Å². The Bertz CT molecular complexity index is 817. The van der Waals surface area contributed by atoms with Crippen LogP contribution in [0.25, 0.3) is 0 Å². The minimum absolute atomic E-state index is 0.118. The summed E-state index contributed by atoms with van der Waals surface area (Å²) >= 11 is 1.45. The summed E-state index contributed by atoms with van der Waals surface area (Å²) in [6.07, 6.45) is 0.859. The molecule has 128 valence electrons. The molecule has 0 fully saturated rings. The molecule has 0 aromatic heterocycles. The normalized spacial score (nSPS) is 14.1. The Morgan fingerprint density at radius 3 is 2.80 bits per heavy atom. The third-order valence-electron chi connectivity index (χ3n) is 3.66. The van der Waals surface area contributed by atoms with E-state index < -0.39 is 0 Å². The number of carbonyl (C=O) groups is 1. The standard InChI is InChI=1S/C19H18N2O3S/c1-13(19(22)21-15-5-2-4-14(10-15)12-20)25-16-6-7-17-18(11-16)24-9-3-8-23-17/h2,4-7,10-11,13H,3,8-9H2,1H3,(H,21,22)/t13-/m0/s1. The lowest BCUT2D eigenvalue weighted by molar-refractivity contribution is -0.115. The summed E-state index contributed by atoms with van der Waals surface area (Å²) < 4.78 is 11.3. The van der Waals surface area contributed by atoms with Crippen LogP contribution in [0.1, 0.15) is 18.9 Å². The van der Waals surface area contributed by atoms with Crippen molar-refractivity contribution in [2.75, 3.05) is 18.5 Å². The first-order valence-corrected chi connectivity index (χ1v) is 8.91. The highest BCUT2D eigenvalue weighted by Crippen LogP contribution is 2.35. The second-order valence-electron chi connectivity index (χ2n) is 5.60. The second-order valence-corrected chi connectivity index (χ2v) is 7.02. The van der Waals surface area contributed by atoms with Gasteiger partial charge in [0.25, 0.3) is 0 Å². The number of hydrogen-bond acceptors (Lipinski definition) is 5. The molecule has 5 nitrogen and oxygen atoms in total. The molecule has 1 N–H and O–H groups in total. The number of amides is 1. The topological polar surface area (TPSA) is 71.3 Å². The fraction of sp³-hybridized carbons (Fsp3) is 0.263. The number of rotatable bonds is 4. The zero-order valence-electron chi connectivity index (χ0n) is 13.8. The Hall–Kier alpha value is -2.65. The first kappa shape index (κ1) is 17.2. The fourth-order valence-electron chi connectivity index (χ4n) is 2.38. The van der Waals surface area contributed by atoms with Crippen LogP contribution in [0.5, 0.6) is 11.5 Å². The first-order valence-electron chi connectivity index (χ1n) is 8.03. The summed E-state index contributed by atoms with van der Waals surface area (Å²) in [6.45, 7) is 3.13. The quantitative estimate of drug-likeness (QED) is 0.845. The Morgan fingerprint density at radius 1 is 1.20 bits per heavy atom. The molecule has 1 aliphatic rings. The molecule has 0 radical (unpaired) electrons. The number of benzene rings is 2. The van der Waals surface area contributed by atoms with Gasteiger partial charge in [-0.15, -0.1) is 11.8 Å². The van der Waals surface area contributed by atoms with Gasteiger partial charge in [0, 0.05) is 17.0 Å². The van der Waals surface area contributed by atoms with Crippen molar-refractivity contribution in [3.05, 3.63) is 48.0 Å². The lowest BCUT2D eigenvalue weighted by Gasteiger charge is -2.14. The summed E-state index contributed by atoms with van der Waals surface area (Å²) in [4.78, 5) is 13.3. The van der Waals surface area contributed by atoms with Gasteiger partial charge in [-0.05, 0) is 43.3 Å². The van der Waals surface area contributed by atoms with Crippen molar-refractivity contribution in [3.63, 3.8) is 0 Å². The van der Waals surface area contributed by atoms with Crippen molar-refractivity contribution in [2.45, 2.75) is 23.5 Å². The van der Waals surface area contributed by atoms with Gasteiger partial charge in [-0.25, -0.2) is 0 Å². The van der Waals surface area contributed by atoms with Gasteiger partial charge in [-0.1, -0.05) is 6.07 Å². The Balaban J connectivity index is 1.65. The molecule has 1 amide bonds. The van der Waals surface area contributed by atoms with E-state index in [4.69, 9.17) is 14.7 Å². The minimum atomic E-state index is -0.296. The summed E-state index contributed by atoms with van der Waals surface area (Å²) in [5, 5.41) is 11.5. The van der Waals surface area contributed by atoms with Crippen LogP contribution in [-0.4, -0.2) is 24.4 Å². The highest BCUT2D eigenvalue weighted by molar-refractivity contribution is 8.00. The van der Waals surface area contributed by atoms with E-state index >= 15 is 0 Å². The van der Waals surface area contributed by atoms with Crippen LogP contribution in [0.3, 0.4) is 0 Å². The number of nitrogens with zero attached hydrogens (tertiary/aromatic N) is 1. The molecule has 25 heavy (non-hydrogen) atoms. The van der Waals surface area contributed by atoms with Gasteiger partial charge in [0.1, 0.15) is 0 Å². The zero-order chi connectivity index (χ0) is 17.6. The Labute approximate surface area is 150 Å². The Kier molecular flexibility index (Phi) is 5.46. The highest BCUT2D eigenvalue weighted by atomic mass is 32.2. The van der Waals surface area contributed by atoms with Gasteiger partial charge in [0.2, 0.25) is 5.91 Å². The van der Waals surface area contributed by atoms with Crippen molar-refractivity contribution >= 4 is 23.4 Å². The van der Waals surface area contributed by atoms with Crippen LogP contribution in [0.2, 0.25) is 0 Å². The lowest BCUT2D eigenvalue weighted by atomic mass is 10.2. The van der Waals surface area contributed by atoms with Gasteiger partial charge >= 0.3 is 0 Å². The van der Waals surface area contributed by atoms with Gasteiger partial charge in [0.05, 0.1) is 30.1 Å². The van der Waals surface area contributed by atoms with Crippen LogP contribution >= 0.6 is 11.8 Å². The third kappa shape index (κ3) is 4.46. The molecular weight excluding hydrogens is 336 g/mol. The van der Waals surface area contributed by atoms with Crippen LogP contribution in [0.15, 0.2) is 47.4 Å². The predicted molar refractivity (Wildman–Crippen MR) is 97.2 cm³/mol. The number of anilines is 1. The van der Waals surface area contributed by atoms with E-state index in [1.54, 1.807) is 24.3 Å². The molecule has 2 aromatic rings. The average Bonchev–Trinajstić information content (AvgIpc) is 2.86. The molecule has 0 aliphatic carbocycles. The maximum absolute atomic E-state index is 12.4. The van der Waals surface area contributed by atoms with E-state index in [0.717, 1.165) is 22.8 Å². The number of nitriles is 1. The largest absolute Gasteiger partial charge is 0.490 e. The maximum atomic E-state index is 12.4. The minimum Gasteiger partial charge on any atom is -0.490 e. The molecule has 0 unspecified atom stereocenters. The number of hydrogen-bond donors (Lipinski definition) is 1. The van der Waals surface area contributed by atoms with Crippen molar-refractivity contribution in [3.8, 4) is 17.6 Å². The van der Waals surface area contributed by atoms with Gasteiger partial charge < -0.3 is 14.8 Å². The van der Waals surface area contributed by atoms with Crippen molar-refractivity contribution in [1.82, 2.24) is 0 Å². The van der Waals surface area contributed by atoms with E-state index in [2.05, 4.69) is 11.4 Å². The number of fused-ring (bicyclic) bond motifs is 1. The van der Waals surface area contributed by atoms with Crippen molar-refractivity contribution < 1.29 is 14.3 Å². The molecule has 1 aliphatic heterocycles. The summed E-state index contributed by atoms with van der Waals surface area (Å²) in [5.74, 6) is 1.34. The van der Waals surface area contributed by atoms with Crippen LogP contribution in [-0.2, 0) is 4.79 Å². The average molecular weight is 354 g/mol. The van der Waals surface area contributed by atoms with E-state index in [0.29, 0.717) is 24.5 Å². The Morgan fingerprint density at radius 2 is 2.00 bits per heavy atom. The first-order chi connectivity index (χ1) is 12.2. The molecule has 0 bridgehead atoms. The lowest BCUT2D eigenvalue weighted by Crippen LogP contribution is -2.22. The molecule has 1 heterocycles. The molecule has 3 rings (SSSR count). The molecule has 2 aromatic carbocycles. The van der Waals surface area contributed by atoms with E-state index in [-0.39, 0.29) is 11.2 Å². The number of thioether (sulfide) groups is 1. The SMILES string of the molecule is C[C@H](Sc1ccc2c(c1)OCCCO2)C(=O)Nc1cccc(C#N)c1. The maximum Gasteiger partial charge on any atom is 0.237 e. The fourth-order valence-corrected chi connectivity index (χ4v) is 3.28. The van der Waals surface area contributed by atoms with Crippen LogP contribution in [0, 0.1) is 11.3 Å². The van der Waals surface area contributed by atoms with E-state index in [1.165, 1.54) is 11.8 Å². The van der Waals surface area contributed by atoms with Crippen LogP contribution < -0.4 is 14.8 Å². The van der Waals surface area contributed by atoms with E-state index in [9.17, 15) is 4.79 Å². The number of ether oxygens (including phenoxy) is 2. The molecule has 0 saturated carbocycles. The summed E-state index contributed by atoms with van der Waals surface area (Å²) in [7, 11) is 0. The molecule has 1 atom stereocenters. The molecule has 6 heteroatoms. The van der Waals surface area contributed by atoms with Gasteiger partial charge in [-0.3, -0.25) is 4.79 Å². The predicted octanol–water partition coefficient (Wildman–Crippen LogP) is 3.84. The molecule has 0 spiro atoms. The van der Waals surface area contributed by atoms with Gasteiger partial charge in [0.15, 0.2) is 11.5 Å². The second kappa shape index (κ2) is 7.95. The molecule has 0 saturated heterocycles. The summed E-state index contributed by atoms with van der Waals surface area (Å²) in [6, 6.07) is 14.6. The third-order valence-corrected chi connectivity index (χ3v) is 4.75. The highest BCUT2D eigenvalue weighted by Gasteiger charge is 2.17. The number of carbonyl (C=O) groups excluding carboxylic acids is 1. The number of nitrogens with one attached hydrogen (secondary N) is 1. The smallest absolute Gasteiger partial charge is 0.237 e. The van der Waals surface area contributed by atoms with Crippen molar-refractivity contribution in [1.29, 1.82) is 5.26 Å². The van der Waals surface area contributed by atoms with Crippen LogP contribution in [0.4, 0.5) is 5.69 Å². The monoisotopic (exact) mass is 354 g/mol. The zero-order valence-corrected chi connectivity index (χ0v) is 14.6. The van der Waals surface area contributed by atoms with E-state index in [1.807, 2.05) is 25.1 Å².